The monoisotopic (exact) mass is 243 g/mol. The molecule has 0 bridgehead atoms. The molecule has 0 aliphatic heterocycles. The van der Waals surface area contributed by atoms with Gasteiger partial charge in [-0.2, -0.15) is 5.10 Å². The van der Waals surface area contributed by atoms with Crippen LogP contribution in [0, 0.1) is 13.8 Å². The van der Waals surface area contributed by atoms with Gasteiger partial charge >= 0.3 is 0 Å². The van der Waals surface area contributed by atoms with Crippen LogP contribution in [-0.4, -0.2) is 21.4 Å². The van der Waals surface area contributed by atoms with E-state index >= 15 is 0 Å². The number of hydrazone groups is 1. The highest BCUT2D eigenvalue weighted by Crippen LogP contribution is 2.03. The van der Waals surface area contributed by atoms with Crippen molar-refractivity contribution in [3.05, 3.63) is 51.4 Å². The first-order chi connectivity index (χ1) is 8.66. The van der Waals surface area contributed by atoms with Gasteiger partial charge in [0.2, 0.25) is 5.95 Å². The molecule has 0 saturated carbocycles. The fourth-order valence-electron chi connectivity index (χ4n) is 1.34. The number of aromatic amines is 1. The molecule has 0 aliphatic rings. The maximum absolute atomic E-state index is 11.3. The lowest BCUT2D eigenvalue weighted by Crippen LogP contribution is -2.15. The summed E-state index contributed by atoms with van der Waals surface area (Å²) >= 11 is 0. The van der Waals surface area contributed by atoms with Crippen LogP contribution in [0.1, 0.15) is 16.8 Å². The van der Waals surface area contributed by atoms with Gasteiger partial charge in [-0.3, -0.25) is 9.78 Å². The van der Waals surface area contributed by atoms with Crippen molar-refractivity contribution in [1.29, 1.82) is 0 Å². The summed E-state index contributed by atoms with van der Waals surface area (Å²) in [5, 5.41) is 11.4. The van der Waals surface area contributed by atoms with Gasteiger partial charge in [0, 0.05) is 0 Å². The SMILES string of the molecule is Cc1ccccc1/C=N\Nc1nnc(C)c(=O)[nH]1. The first-order valence-corrected chi connectivity index (χ1v) is 5.45. The van der Waals surface area contributed by atoms with Gasteiger partial charge in [0.15, 0.2) is 0 Å². The third kappa shape index (κ3) is 2.79. The predicted molar refractivity (Wildman–Crippen MR) is 69.8 cm³/mol. The lowest BCUT2D eigenvalue weighted by molar-refractivity contribution is 0.897. The van der Waals surface area contributed by atoms with Crippen molar-refractivity contribution < 1.29 is 0 Å². The van der Waals surface area contributed by atoms with E-state index in [2.05, 4.69) is 25.7 Å². The lowest BCUT2D eigenvalue weighted by atomic mass is 10.1. The molecule has 0 aliphatic carbocycles. The molecule has 2 aromatic rings. The van der Waals surface area contributed by atoms with E-state index in [1.807, 2.05) is 31.2 Å². The highest BCUT2D eigenvalue weighted by Gasteiger charge is 1.97. The summed E-state index contributed by atoms with van der Waals surface area (Å²) in [4.78, 5) is 13.8. The zero-order valence-corrected chi connectivity index (χ0v) is 10.1. The molecule has 0 spiro atoms. The number of nitrogens with one attached hydrogen (secondary N) is 2. The molecule has 1 aromatic heterocycles. The van der Waals surface area contributed by atoms with Gasteiger partial charge in [-0.1, -0.05) is 24.3 Å². The number of H-pyrrole nitrogens is 1. The van der Waals surface area contributed by atoms with Crippen LogP contribution in [0.4, 0.5) is 5.95 Å². The molecule has 92 valence electrons. The van der Waals surface area contributed by atoms with Crippen LogP contribution in [0.15, 0.2) is 34.2 Å². The van der Waals surface area contributed by atoms with Gasteiger partial charge in [0.1, 0.15) is 5.69 Å². The Kier molecular flexibility index (Phi) is 3.47. The fraction of sp³-hybridized carbons (Fsp3) is 0.167. The second kappa shape index (κ2) is 5.22. The molecular weight excluding hydrogens is 230 g/mol. The molecule has 1 aromatic carbocycles. The summed E-state index contributed by atoms with van der Waals surface area (Å²) in [5.41, 5.74) is 4.78. The standard InChI is InChI=1S/C12H13N5O/c1-8-5-3-4-6-10(8)7-13-16-12-14-11(18)9(2)15-17-12/h3-7H,1-2H3,(H2,14,16,17,18)/b13-7-. The number of aromatic nitrogens is 3. The Balaban J connectivity index is 2.10. The second-order valence-corrected chi connectivity index (χ2v) is 3.81. The molecule has 2 rings (SSSR count). The second-order valence-electron chi connectivity index (χ2n) is 3.81. The minimum atomic E-state index is -0.279. The van der Waals surface area contributed by atoms with E-state index in [1.165, 1.54) is 0 Å². The minimum absolute atomic E-state index is 0.218. The van der Waals surface area contributed by atoms with Gasteiger partial charge in [0.25, 0.3) is 5.56 Å². The maximum Gasteiger partial charge on any atom is 0.274 e. The molecule has 0 amide bonds. The molecule has 2 N–H and O–H groups in total. The van der Waals surface area contributed by atoms with Crippen molar-refractivity contribution in [2.75, 3.05) is 5.43 Å². The molecule has 0 radical (unpaired) electrons. The Morgan fingerprint density at radius 3 is 2.78 bits per heavy atom. The Hall–Kier alpha value is -2.50. The van der Waals surface area contributed by atoms with E-state index in [9.17, 15) is 4.79 Å². The smallest absolute Gasteiger partial charge is 0.274 e. The van der Waals surface area contributed by atoms with Crippen molar-refractivity contribution in [2.45, 2.75) is 13.8 Å². The highest BCUT2D eigenvalue weighted by molar-refractivity contribution is 5.81. The van der Waals surface area contributed by atoms with Crippen LogP contribution in [0.3, 0.4) is 0 Å². The average molecular weight is 243 g/mol. The first kappa shape index (κ1) is 12.0. The first-order valence-electron chi connectivity index (χ1n) is 5.45. The van der Waals surface area contributed by atoms with E-state index in [0.29, 0.717) is 5.69 Å². The Bertz CT molecular complexity index is 632. The molecule has 0 fully saturated rings. The fourth-order valence-corrected chi connectivity index (χ4v) is 1.34. The van der Waals surface area contributed by atoms with Crippen molar-refractivity contribution in [3.63, 3.8) is 0 Å². The maximum atomic E-state index is 11.3. The number of anilines is 1. The van der Waals surface area contributed by atoms with Crippen LogP contribution in [0.5, 0.6) is 0 Å². The van der Waals surface area contributed by atoms with Gasteiger partial charge in [-0.25, -0.2) is 5.43 Å². The zero-order valence-electron chi connectivity index (χ0n) is 10.1. The third-order valence-electron chi connectivity index (χ3n) is 2.42. The van der Waals surface area contributed by atoms with E-state index in [0.717, 1.165) is 11.1 Å². The van der Waals surface area contributed by atoms with Crippen LogP contribution in [-0.2, 0) is 0 Å². The van der Waals surface area contributed by atoms with E-state index in [-0.39, 0.29) is 11.5 Å². The van der Waals surface area contributed by atoms with E-state index < -0.39 is 0 Å². The van der Waals surface area contributed by atoms with E-state index in [1.54, 1.807) is 13.1 Å². The quantitative estimate of drug-likeness (QED) is 0.627. The number of nitrogens with zero attached hydrogens (tertiary/aromatic N) is 3. The van der Waals surface area contributed by atoms with Gasteiger partial charge in [0.05, 0.1) is 6.21 Å². The highest BCUT2D eigenvalue weighted by atomic mass is 16.1. The minimum Gasteiger partial charge on any atom is -0.288 e. The number of benzene rings is 1. The molecular formula is C12H13N5O. The molecule has 0 saturated heterocycles. The van der Waals surface area contributed by atoms with Gasteiger partial charge in [-0.15, -0.1) is 10.2 Å². The van der Waals surface area contributed by atoms with E-state index in [4.69, 9.17) is 0 Å². The average Bonchev–Trinajstić information content (AvgIpc) is 2.36. The van der Waals surface area contributed by atoms with Crippen molar-refractivity contribution in [2.24, 2.45) is 5.10 Å². The predicted octanol–water partition coefficient (Wildman–Crippen LogP) is 1.23. The zero-order chi connectivity index (χ0) is 13.0. The Morgan fingerprint density at radius 2 is 2.06 bits per heavy atom. The summed E-state index contributed by atoms with van der Waals surface area (Å²) in [6, 6.07) is 7.84. The molecule has 1 heterocycles. The molecule has 6 heteroatoms. The third-order valence-corrected chi connectivity index (χ3v) is 2.42. The summed E-state index contributed by atoms with van der Waals surface area (Å²) in [6.45, 7) is 3.58. The summed E-state index contributed by atoms with van der Waals surface area (Å²) in [6.07, 6.45) is 1.66. The summed E-state index contributed by atoms with van der Waals surface area (Å²) in [7, 11) is 0. The molecule has 18 heavy (non-hydrogen) atoms. The normalized spacial score (nSPS) is 10.8. The Morgan fingerprint density at radius 1 is 1.28 bits per heavy atom. The lowest BCUT2D eigenvalue weighted by Gasteiger charge is -1.99. The van der Waals surface area contributed by atoms with Crippen LogP contribution in [0.25, 0.3) is 0 Å². The largest absolute Gasteiger partial charge is 0.288 e. The molecule has 0 atom stereocenters. The van der Waals surface area contributed by atoms with Crippen LogP contribution in [0.2, 0.25) is 0 Å². The van der Waals surface area contributed by atoms with Crippen LogP contribution < -0.4 is 11.0 Å². The Labute approximate surface area is 104 Å². The van der Waals surface area contributed by atoms with Crippen molar-refractivity contribution in [1.82, 2.24) is 15.2 Å². The number of aryl methyl sites for hydroxylation is 2. The molecule has 6 nitrogen and oxygen atoms in total. The van der Waals surface area contributed by atoms with Crippen molar-refractivity contribution in [3.8, 4) is 0 Å². The topological polar surface area (TPSA) is 83.0 Å². The summed E-state index contributed by atoms with van der Waals surface area (Å²) in [5.74, 6) is 0.218. The number of rotatable bonds is 3. The van der Waals surface area contributed by atoms with Crippen LogP contribution >= 0.6 is 0 Å². The van der Waals surface area contributed by atoms with Gasteiger partial charge in [-0.05, 0) is 25.0 Å². The van der Waals surface area contributed by atoms with Crippen molar-refractivity contribution >= 4 is 12.2 Å². The van der Waals surface area contributed by atoms with Gasteiger partial charge < -0.3 is 0 Å². The number of hydrogen-bond donors (Lipinski definition) is 2. The summed E-state index contributed by atoms with van der Waals surface area (Å²) < 4.78 is 0. The molecule has 0 unspecified atom stereocenters. The number of hydrogen-bond acceptors (Lipinski definition) is 5.